The summed E-state index contributed by atoms with van der Waals surface area (Å²) in [6.45, 7) is 2.91. The first-order chi connectivity index (χ1) is 11.7. The third-order valence-corrected chi connectivity index (χ3v) is 4.67. The van der Waals surface area contributed by atoms with Gasteiger partial charge in [0.25, 0.3) is 0 Å². The number of aliphatic hydroxyl groups excluding tert-OH is 2. The lowest BCUT2D eigenvalue weighted by atomic mass is 10.0. The second kappa shape index (κ2) is 22.2. The standard InChI is InChI=1S/C20H43NO3.ClH/c1-2-3-4-5-6-7-8-9-10-11-12-13-14-15-16-17-18-21-19(22)20(23)24;/h19-24H,2-18H2,1H3;1H. The Hall–Kier alpha value is 0.130. The van der Waals surface area contributed by atoms with Crippen LogP contribution in [0.25, 0.3) is 0 Å². The monoisotopic (exact) mass is 381 g/mol. The number of hydrogen-bond donors (Lipinski definition) is 4. The first-order valence-electron chi connectivity index (χ1n) is 10.5. The molecule has 0 saturated heterocycles. The van der Waals surface area contributed by atoms with Crippen LogP contribution in [0.15, 0.2) is 0 Å². The minimum Gasteiger partial charge on any atom is -0.373 e. The first kappa shape index (κ1) is 27.3. The second-order valence-electron chi connectivity index (χ2n) is 7.12. The largest absolute Gasteiger partial charge is 0.373 e. The molecule has 1 atom stereocenters. The van der Waals surface area contributed by atoms with Gasteiger partial charge in [-0.05, 0) is 13.0 Å². The maximum Gasteiger partial charge on any atom is 0.192 e. The van der Waals surface area contributed by atoms with Crippen molar-refractivity contribution in [3.05, 3.63) is 0 Å². The number of hydrogen-bond acceptors (Lipinski definition) is 4. The van der Waals surface area contributed by atoms with Crippen molar-refractivity contribution < 1.29 is 15.3 Å². The van der Waals surface area contributed by atoms with Crippen molar-refractivity contribution in [3.8, 4) is 0 Å². The molecule has 0 aliphatic rings. The van der Waals surface area contributed by atoms with Crippen LogP contribution in [0.4, 0.5) is 0 Å². The van der Waals surface area contributed by atoms with Crippen molar-refractivity contribution in [2.75, 3.05) is 6.54 Å². The van der Waals surface area contributed by atoms with Crippen molar-refractivity contribution in [3.63, 3.8) is 0 Å². The molecule has 5 heteroatoms. The molecule has 0 aromatic rings. The topological polar surface area (TPSA) is 72.7 Å². The molecule has 0 rings (SSSR count). The highest BCUT2D eigenvalue weighted by atomic mass is 35.5. The summed E-state index contributed by atoms with van der Waals surface area (Å²) in [5, 5.41) is 29.2. The van der Waals surface area contributed by atoms with Crippen molar-refractivity contribution in [1.29, 1.82) is 0 Å². The lowest BCUT2D eigenvalue weighted by Gasteiger charge is -2.13. The number of nitrogens with one attached hydrogen (secondary N) is 1. The number of rotatable bonds is 19. The van der Waals surface area contributed by atoms with Gasteiger partial charge in [-0.3, -0.25) is 5.32 Å². The van der Waals surface area contributed by atoms with E-state index in [1.54, 1.807) is 0 Å². The molecule has 0 aliphatic heterocycles. The molecule has 4 nitrogen and oxygen atoms in total. The number of halogens is 1. The number of aliphatic hydroxyl groups is 3. The van der Waals surface area contributed by atoms with Gasteiger partial charge in [0.1, 0.15) is 0 Å². The number of unbranched alkanes of at least 4 members (excludes halogenated alkanes) is 15. The van der Waals surface area contributed by atoms with E-state index in [1.807, 2.05) is 0 Å². The van der Waals surface area contributed by atoms with Gasteiger partial charge in [0.05, 0.1) is 0 Å². The van der Waals surface area contributed by atoms with Crippen LogP contribution < -0.4 is 5.32 Å². The van der Waals surface area contributed by atoms with Gasteiger partial charge in [0.15, 0.2) is 12.5 Å². The summed E-state index contributed by atoms with van der Waals surface area (Å²) in [5.74, 6) is 0. The van der Waals surface area contributed by atoms with Crippen LogP contribution in [0.2, 0.25) is 0 Å². The van der Waals surface area contributed by atoms with Gasteiger partial charge in [-0.25, -0.2) is 0 Å². The molecule has 0 fully saturated rings. The van der Waals surface area contributed by atoms with E-state index in [2.05, 4.69) is 12.2 Å². The fourth-order valence-corrected chi connectivity index (χ4v) is 3.03. The summed E-state index contributed by atoms with van der Waals surface area (Å²) in [7, 11) is 0. The summed E-state index contributed by atoms with van der Waals surface area (Å²) in [5.41, 5.74) is 0. The predicted molar refractivity (Wildman–Crippen MR) is 109 cm³/mol. The average molecular weight is 382 g/mol. The summed E-state index contributed by atoms with van der Waals surface area (Å²) in [6.07, 6.45) is 18.5. The van der Waals surface area contributed by atoms with Gasteiger partial charge in [0, 0.05) is 0 Å². The lowest BCUT2D eigenvalue weighted by Crippen LogP contribution is -2.39. The van der Waals surface area contributed by atoms with Gasteiger partial charge >= 0.3 is 0 Å². The van der Waals surface area contributed by atoms with Gasteiger partial charge in [-0.1, -0.05) is 103 Å². The lowest BCUT2D eigenvalue weighted by molar-refractivity contribution is -0.132. The molecule has 0 radical (unpaired) electrons. The minimum absolute atomic E-state index is 0. The van der Waals surface area contributed by atoms with Crippen molar-refractivity contribution in [1.82, 2.24) is 5.32 Å². The van der Waals surface area contributed by atoms with Crippen LogP contribution in [0.5, 0.6) is 0 Å². The molecule has 0 spiro atoms. The summed E-state index contributed by atoms with van der Waals surface area (Å²) in [6, 6.07) is 0. The van der Waals surface area contributed by atoms with E-state index >= 15 is 0 Å². The van der Waals surface area contributed by atoms with Crippen LogP contribution in [0, 0.1) is 0 Å². The average Bonchev–Trinajstić information content (AvgIpc) is 2.57. The first-order valence-corrected chi connectivity index (χ1v) is 10.5. The zero-order valence-corrected chi connectivity index (χ0v) is 17.2. The minimum atomic E-state index is -1.69. The van der Waals surface area contributed by atoms with E-state index in [0.29, 0.717) is 6.54 Å². The predicted octanol–water partition coefficient (Wildman–Crippen LogP) is 4.89. The van der Waals surface area contributed by atoms with E-state index in [9.17, 15) is 0 Å². The Morgan fingerprint density at radius 1 is 0.560 bits per heavy atom. The van der Waals surface area contributed by atoms with Gasteiger partial charge in [-0.15, -0.1) is 12.4 Å². The molecule has 0 bridgehead atoms. The van der Waals surface area contributed by atoms with Crippen molar-refractivity contribution in [2.45, 2.75) is 122 Å². The van der Waals surface area contributed by atoms with Crippen LogP contribution in [-0.4, -0.2) is 34.4 Å². The highest BCUT2D eigenvalue weighted by molar-refractivity contribution is 5.85. The van der Waals surface area contributed by atoms with Crippen molar-refractivity contribution >= 4 is 12.4 Å². The highest BCUT2D eigenvalue weighted by Crippen LogP contribution is 2.13. The van der Waals surface area contributed by atoms with E-state index < -0.39 is 12.5 Å². The maximum atomic E-state index is 9.14. The highest BCUT2D eigenvalue weighted by Gasteiger charge is 2.09. The fourth-order valence-electron chi connectivity index (χ4n) is 3.03. The van der Waals surface area contributed by atoms with Crippen LogP contribution >= 0.6 is 12.4 Å². The van der Waals surface area contributed by atoms with E-state index in [4.69, 9.17) is 15.3 Å². The normalized spacial score (nSPS) is 12.4. The molecular weight excluding hydrogens is 338 g/mol. The smallest absolute Gasteiger partial charge is 0.192 e. The molecule has 0 amide bonds. The Balaban J connectivity index is 0. The third-order valence-electron chi connectivity index (χ3n) is 4.67. The zero-order valence-electron chi connectivity index (χ0n) is 16.4. The van der Waals surface area contributed by atoms with Gasteiger partial charge in [-0.2, -0.15) is 0 Å². The molecule has 154 valence electrons. The Morgan fingerprint density at radius 3 is 1.20 bits per heavy atom. The molecule has 0 heterocycles. The molecule has 0 aliphatic carbocycles. The quantitative estimate of drug-likeness (QED) is 0.190. The zero-order chi connectivity index (χ0) is 17.9. The Kier molecular flexibility index (Phi) is 24.3. The summed E-state index contributed by atoms with van der Waals surface area (Å²) < 4.78 is 0. The third kappa shape index (κ3) is 22.1. The molecule has 4 N–H and O–H groups in total. The van der Waals surface area contributed by atoms with Crippen LogP contribution in [-0.2, 0) is 0 Å². The molecule has 0 aromatic carbocycles. The fraction of sp³-hybridized carbons (Fsp3) is 1.00. The van der Waals surface area contributed by atoms with Gasteiger partial charge < -0.3 is 15.3 Å². The Bertz CT molecular complexity index is 243. The molecular formula is C20H44ClNO3. The Morgan fingerprint density at radius 2 is 0.880 bits per heavy atom. The SMILES string of the molecule is CCCCCCCCCCCCCCCCCCNC(O)C(O)O.Cl. The maximum absolute atomic E-state index is 9.14. The molecule has 0 aromatic heterocycles. The summed E-state index contributed by atoms with van der Waals surface area (Å²) in [4.78, 5) is 0. The van der Waals surface area contributed by atoms with Crippen molar-refractivity contribution in [2.24, 2.45) is 0 Å². The Labute approximate surface area is 162 Å². The van der Waals surface area contributed by atoms with Crippen LogP contribution in [0.3, 0.4) is 0 Å². The van der Waals surface area contributed by atoms with Gasteiger partial charge in [0.2, 0.25) is 0 Å². The molecule has 1 unspecified atom stereocenters. The molecule has 0 saturated carbocycles. The summed E-state index contributed by atoms with van der Waals surface area (Å²) >= 11 is 0. The molecule has 25 heavy (non-hydrogen) atoms. The second-order valence-corrected chi connectivity index (χ2v) is 7.12. The van der Waals surface area contributed by atoms with E-state index in [1.165, 1.54) is 89.9 Å². The van der Waals surface area contributed by atoms with E-state index in [0.717, 1.165) is 12.8 Å². The van der Waals surface area contributed by atoms with E-state index in [-0.39, 0.29) is 12.4 Å². The van der Waals surface area contributed by atoms with Crippen LogP contribution in [0.1, 0.15) is 110 Å².